The summed E-state index contributed by atoms with van der Waals surface area (Å²) in [5, 5.41) is 0. The highest BCUT2D eigenvalue weighted by Gasteiger charge is 2.36. The number of urea groups is 1. The first kappa shape index (κ1) is 27.0. The molecule has 0 bridgehead atoms. The first-order chi connectivity index (χ1) is 17.7. The molecule has 1 saturated heterocycles. The molecule has 0 N–H and O–H groups in total. The number of fused-ring (bicyclic) bond motifs is 1. The van der Waals surface area contributed by atoms with Crippen molar-refractivity contribution in [1.29, 1.82) is 0 Å². The van der Waals surface area contributed by atoms with Crippen LogP contribution in [0.3, 0.4) is 0 Å². The predicted octanol–water partition coefficient (Wildman–Crippen LogP) is 4.45. The summed E-state index contributed by atoms with van der Waals surface area (Å²) in [5.74, 6) is 1.61. The van der Waals surface area contributed by atoms with Crippen molar-refractivity contribution in [3.05, 3.63) is 30.3 Å². The summed E-state index contributed by atoms with van der Waals surface area (Å²) >= 11 is 0. The minimum Gasteiger partial charge on any atom is -0.497 e. The number of benzene rings is 1. The molecule has 8 heteroatoms. The Hall–Kier alpha value is -3.03. The maximum Gasteiger partial charge on any atom is 0.328 e. The lowest BCUT2D eigenvalue weighted by Gasteiger charge is -2.40. The highest BCUT2D eigenvalue weighted by molar-refractivity contribution is 6.04. The fourth-order valence-corrected chi connectivity index (χ4v) is 6.02. The normalized spacial score (nSPS) is 23.1. The van der Waals surface area contributed by atoms with Gasteiger partial charge in [0.25, 0.3) is 0 Å². The fourth-order valence-electron chi connectivity index (χ4n) is 6.02. The Morgan fingerprint density at radius 2 is 1.73 bits per heavy atom. The van der Waals surface area contributed by atoms with Crippen LogP contribution in [0.1, 0.15) is 57.9 Å². The number of carbonyl (C=O) groups is 3. The zero-order valence-corrected chi connectivity index (χ0v) is 22.9. The average molecular weight is 511 g/mol. The van der Waals surface area contributed by atoms with Gasteiger partial charge in [0.15, 0.2) is 0 Å². The van der Waals surface area contributed by atoms with Crippen molar-refractivity contribution in [2.75, 3.05) is 51.8 Å². The topological polar surface area (TPSA) is 73.4 Å². The summed E-state index contributed by atoms with van der Waals surface area (Å²) in [6, 6.07) is 5.61. The van der Waals surface area contributed by atoms with Crippen LogP contribution in [-0.4, -0.2) is 79.4 Å². The van der Waals surface area contributed by atoms with E-state index in [9.17, 15) is 14.4 Å². The van der Waals surface area contributed by atoms with Crippen LogP contribution in [0.25, 0.3) is 5.70 Å². The lowest BCUT2D eigenvalue weighted by Crippen LogP contribution is -2.53. The Kier molecular flexibility index (Phi) is 8.45. The van der Waals surface area contributed by atoms with E-state index in [2.05, 4.69) is 13.5 Å². The molecule has 0 aromatic heterocycles. The molecular weight excluding hydrogens is 468 g/mol. The van der Waals surface area contributed by atoms with E-state index in [4.69, 9.17) is 4.74 Å². The second-order valence-electron chi connectivity index (χ2n) is 10.8. The molecule has 1 unspecified atom stereocenters. The number of rotatable bonds is 7. The van der Waals surface area contributed by atoms with Crippen LogP contribution in [0.5, 0.6) is 5.75 Å². The van der Waals surface area contributed by atoms with Crippen molar-refractivity contribution < 1.29 is 19.1 Å². The molecule has 1 atom stereocenters. The number of ether oxygens (including phenoxy) is 1. The molecule has 1 aliphatic carbocycles. The molecule has 37 heavy (non-hydrogen) atoms. The number of piperazine rings is 1. The van der Waals surface area contributed by atoms with E-state index in [0.29, 0.717) is 44.3 Å². The summed E-state index contributed by atoms with van der Waals surface area (Å²) < 4.78 is 5.38. The molecule has 8 nitrogen and oxygen atoms in total. The van der Waals surface area contributed by atoms with Crippen LogP contribution in [0.2, 0.25) is 0 Å². The number of carbonyl (C=O) groups excluding carboxylic acids is 3. The van der Waals surface area contributed by atoms with Crippen LogP contribution >= 0.6 is 0 Å². The molecule has 3 aliphatic rings. The van der Waals surface area contributed by atoms with E-state index in [1.165, 1.54) is 0 Å². The summed E-state index contributed by atoms with van der Waals surface area (Å²) in [6.07, 6.45) is 5.42. The van der Waals surface area contributed by atoms with Gasteiger partial charge in [0.05, 0.1) is 12.8 Å². The smallest absolute Gasteiger partial charge is 0.328 e. The van der Waals surface area contributed by atoms with E-state index in [0.717, 1.165) is 55.5 Å². The molecule has 4 amide bonds. The van der Waals surface area contributed by atoms with Gasteiger partial charge in [-0.3, -0.25) is 19.4 Å². The minimum atomic E-state index is -0.0680. The van der Waals surface area contributed by atoms with Crippen LogP contribution in [0.15, 0.2) is 24.8 Å². The Morgan fingerprint density at radius 3 is 2.35 bits per heavy atom. The quantitative estimate of drug-likeness (QED) is 0.543. The first-order valence-electron chi connectivity index (χ1n) is 13.7. The van der Waals surface area contributed by atoms with Gasteiger partial charge in [0.2, 0.25) is 11.8 Å². The Morgan fingerprint density at radius 1 is 1.08 bits per heavy atom. The molecule has 0 spiro atoms. The number of anilines is 1. The second-order valence-corrected chi connectivity index (χ2v) is 10.8. The lowest BCUT2D eigenvalue weighted by atomic mass is 9.80. The minimum absolute atomic E-state index is 0.0328. The largest absolute Gasteiger partial charge is 0.497 e. The van der Waals surface area contributed by atoms with Crippen molar-refractivity contribution in [1.82, 2.24) is 14.7 Å². The van der Waals surface area contributed by atoms with E-state index >= 15 is 0 Å². The Balaban J connectivity index is 1.29. The number of amides is 4. The number of methoxy groups -OCH3 is 1. The van der Waals surface area contributed by atoms with Crippen LogP contribution in [0, 0.1) is 17.8 Å². The third kappa shape index (κ3) is 5.63. The van der Waals surface area contributed by atoms with Gasteiger partial charge < -0.3 is 14.5 Å². The standard InChI is InChI=1S/C29H42N4O4/c1-6-7-20(2)27(34)31-14-16-32(17-15-31)28(35)23-10-8-22(9-11-23)19-33-21(3)25-18-24(37-5)12-13-26(25)30(4)29(33)36/h12-13,18,20,22-23H,3,6-11,14-17,19H2,1-2,4-5H3. The molecule has 0 radical (unpaired) electrons. The zero-order valence-electron chi connectivity index (χ0n) is 22.9. The Bertz CT molecular complexity index is 1020. The molecule has 2 aliphatic heterocycles. The van der Waals surface area contributed by atoms with Gasteiger partial charge in [-0.15, -0.1) is 0 Å². The lowest BCUT2D eigenvalue weighted by molar-refractivity contribution is -0.144. The fraction of sp³-hybridized carbons (Fsp3) is 0.621. The van der Waals surface area contributed by atoms with E-state index in [-0.39, 0.29) is 29.7 Å². The Labute approximate surface area is 221 Å². The molecule has 1 aromatic carbocycles. The van der Waals surface area contributed by atoms with E-state index in [1.807, 2.05) is 34.9 Å². The number of hydrogen-bond donors (Lipinski definition) is 0. The summed E-state index contributed by atoms with van der Waals surface area (Å²) in [7, 11) is 3.42. The SMILES string of the molecule is C=C1c2cc(OC)ccc2N(C)C(=O)N1CC1CCC(C(=O)N2CCN(C(=O)C(C)CCC)CC2)CC1. The van der Waals surface area contributed by atoms with Crippen LogP contribution < -0.4 is 9.64 Å². The second kappa shape index (κ2) is 11.6. The number of hydrogen-bond acceptors (Lipinski definition) is 4. The predicted molar refractivity (Wildman–Crippen MR) is 145 cm³/mol. The van der Waals surface area contributed by atoms with Crippen molar-refractivity contribution >= 4 is 29.2 Å². The van der Waals surface area contributed by atoms with Crippen molar-refractivity contribution in [3.63, 3.8) is 0 Å². The van der Waals surface area contributed by atoms with Crippen molar-refractivity contribution in [3.8, 4) is 5.75 Å². The first-order valence-corrected chi connectivity index (χ1v) is 13.7. The molecule has 4 rings (SSSR count). The van der Waals surface area contributed by atoms with Gasteiger partial charge in [-0.2, -0.15) is 0 Å². The molecule has 2 heterocycles. The maximum absolute atomic E-state index is 13.2. The van der Waals surface area contributed by atoms with Gasteiger partial charge in [0, 0.05) is 62.9 Å². The van der Waals surface area contributed by atoms with Gasteiger partial charge in [0.1, 0.15) is 5.75 Å². The van der Waals surface area contributed by atoms with Gasteiger partial charge in [-0.25, -0.2) is 4.79 Å². The molecular formula is C29H42N4O4. The highest BCUT2D eigenvalue weighted by atomic mass is 16.5. The van der Waals surface area contributed by atoms with Gasteiger partial charge in [-0.1, -0.05) is 26.8 Å². The van der Waals surface area contributed by atoms with E-state index < -0.39 is 0 Å². The molecule has 2 fully saturated rings. The van der Waals surface area contributed by atoms with E-state index in [1.54, 1.807) is 24.0 Å². The third-order valence-corrected chi connectivity index (χ3v) is 8.40. The molecule has 1 aromatic rings. The van der Waals surface area contributed by atoms with Gasteiger partial charge in [-0.05, 0) is 56.2 Å². The van der Waals surface area contributed by atoms with Crippen molar-refractivity contribution in [2.24, 2.45) is 17.8 Å². The summed E-state index contributed by atoms with van der Waals surface area (Å²) in [6.45, 7) is 11.5. The number of nitrogens with zero attached hydrogens (tertiary/aromatic N) is 4. The average Bonchev–Trinajstić information content (AvgIpc) is 2.93. The van der Waals surface area contributed by atoms with Crippen molar-refractivity contribution in [2.45, 2.75) is 52.4 Å². The van der Waals surface area contributed by atoms with Crippen LogP contribution in [0.4, 0.5) is 10.5 Å². The van der Waals surface area contributed by atoms with Gasteiger partial charge >= 0.3 is 6.03 Å². The summed E-state index contributed by atoms with van der Waals surface area (Å²) in [4.78, 5) is 46.3. The monoisotopic (exact) mass is 510 g/mol. The zero-order chi connectivity index (χ0) is 26.7. The molecule has 1 saturated carbocycles. The summed E-state index contributed by atoms with van der Waals surface area (Å²) in [5.41, 5.74) is 2.45. The maximum atomic E-state index is 13.2. The van der Waals surface area contributed by atoms with Crippen LogP contribution in [-0.2, 0) is 9.59 Å². The third-order valence-electron chi connectivity index (χ3n) is 8.40. The molecule has 202 valence electrons. The highest BCUT2D eigenvalue weighted by Crippen LogP contribution is 2.39.